The van der Waals surface area contributed by atoms with Gasteiger partial charge in [0, 0.05) is 0 Å². The monoisotopic (exact) mass is 418 g/mol. The molecular weight excluding hydrogens is 399 g/mol. The molecule has 4 aromatic rings. The Morgan fingerprint density at radius 3 is 2.84 bits per heavy atom. The summed E-state index contributed by atoms with van der Waals surface area (Å²) in [5.74, 6) is -0.900. The van der Waals surface area contributed by atoms with Crippen molar-refractivity contribution in [1.29, 1.82) is 0 Å². The normalized spacial score (nSPS) is 15.6. The number of hydrogen-bond acceptors (Lipinski definition) is 5. The maximum absolute atomic E-state index is 13.2. The number of rotatable bonds is 4. The molecule has 2 N–H and O–H groups in total. The van der Waals surface area contributed by atoms with Crippen LogP contribution in [0, 0.1) is 5.82 Å². The average molecular weight is 418 g/mol. The molecule has 1 aliphatic rings. The van der Waals surface area contributed by atoms with Gasteiger partial charge >= 0.3 is 0 Å². The van der Waals surface area contributed by atoms with E-state index in [4.69, 9.17) is 0 Å². The molecule has 0 bridgehead atoms. The van der Waals surface area contributed by atoms with Crippen LogP contribution in [0.2, 0.25) is 0 Å². The summed E-state index contributed by atoms with van der Waals surface area (Å²) in [6.45, 7) is 0.240. The number of benzene rings is 2. The number of hydrogen-bond donors (Lipinski definition) is 2. The molecular formula is C22H19FN6O2. The van der Waals surface area contributed by atoms with Crippen molar-refractivity contribution in [3.8, 4) is 0 Å². The third-order valence-corrected chi connectivity index (χ3v) is 5.51. The highest BCUT2D eigenvalue weighted by Gasteiger charge is 2.24. The second-order valence-corrected chi connectivity index (χ2v) is 7.58. The predicted octanol–water partition coefficient (Wildman–Crippen LogP) is 2.51. The van der Waals surface area contributed by atoms with Crippen molar-refractivity contribution in [3.63, 3.8) is 0 Å². The Balaban J connectivity index is 1.44. The number of amides is 1. The summed E-state index contributed by atoms with van der Waals surface area (Å²) in [4.78, 5) is 32.2. The van der Waals surface area contributed by atoms with Crippen molar-refractivity contribution < 1.29 is 9.18 Å². The van der Waals surface area contributed by atoms with Crippen LogP contribution in [0.3, 0.4) is 0 Å². The van der Waals surface area contributed by atoms with E-state index in [1.54, 1.807) is 12.1 Å². The standard InChI is InChI=1S/C22H19FN6O2/c23-15-10-8-13(9-11-15)12-29-20-18(27-28-29)21(30)26-19(25-20)22(31)24-17-7-3-5-14-4-1-2-6-16(14)17/h1-2,4,6,8-11,17H,3,5,7,12H2,(H,24,31)(H,25,26,30). The number of nitrogens with one attached hydrogen (secondary N) is 2. The molecule has 8 nitrogen and oxygen atoms in total. The van der Waals surface area contributed by atoms with E-state index in [0.717, 1.165) is 30.4 Å². The van der Waals surface area contributed by atoms with Gasteiger partial charge in [-0.3, -0.25) is 9.59 Å². The van der Waals surface area contributed by atoms with Gasteiger partial charge in [0.05, 0.1) is 12.6 Å². The lowest BCUT2D eigenvalue weighted by Crippen LogP contribution is -2.33. The van der Waals surface area contributed by atoms with Crippen LogP contribution in [0.5, 0.6) is 0 Å². The molecule has 0 radical (unpaired) electrons. The molecule has 31 heavy (non-hydrogen) atoms. The lowest BCUT2D eigenvalue weighted by Gasteiger charge is -2.26. The van der Waals surface area contributed by atoms with Crippen LogP contribution < -0.4 is 10.9 Å². The number of carbonyl (C=O) groups excluding carboxylic acids is 1. The van der Waals surface area contributed by atoms with Gasteiger partial charge in [0.1, 0.15) is 5.82 Å². The molecule has 0 fully saturated rings. The van der Waals surface area contributed by atoms with Gasteiger partial charge in [-0.25, -0.2) is 14.1 Å². The molecule has 1 amide bonds. The molecule has 2 heterocycles. The zero-order chi connectivity index (χ0) is 21.4. The highest BCUT2D eigenvalue weighted by molar-refractivity contribution is 5.92. The summed E-state index contributed by atoms with van der Waals surface area (Å²) in [6.07, 6.45) is 2.77. The largest absolute Gasteiger partial charge is 0.343 e. The van der Waals surface area contributed by atoms with Crippen molar-refractivity contribution >= 4 is 17.1 Å². The van der Waals surface area contributed by atoms with Gasteiger partial charge in [0.15, 0.2) is 11.2 Å². The maximum atomic E-state index is 13.2. The van der Waals surface area contributed by atoms with E-state index in [1.807, 2.05) is 18.2 Å². The minimum Gasteiger partial charge on any atom is -0.343 e. The quantitative estimate of drug-likeness (QED) is 0.530. The van der Waals surface area contributed by atoms with Gasteiger partial charge in [-0.2, -0.15) is 0 Å². The number of fused-ring (bicyclic) bond motifs is 2. The Morgan fingerprint density at radius 2 is 2.00 bits per heavy atom. The fourth-order valence-corrected chi connectivity index (χ4v) is 3.97. The van der Waals surface area contributed by atoms with E-state index in [-0.39, 0.29) is 35.4 Å². The van der Waals surface area contributed by atoms with Gasteiger partial charge in [0.2, 0.25) is 5.82 Å². The summed E-state index contributed by atoms with van der Waals surface area (Å²) in [7, 11) is 0. The van der Waals surface area contributed by atoms with E-state index in [2.05, 4.69) is 31.7 Å². The molecule has 1 aliphatic carbocycles. The fourth-order valence-electron chi connectivity index (χ4n) is 3.97. The van der Waals surface area contributed by atoms with Crippen LogP contribution in [0.4, 0.5) is 4.39 Å². The van der Waals surface area contributed by atoms with Crippen molar-refractivity contribution in [3.05, 3.63) is 87.2 Å². The Kier molecular flexibility index (Phi) is 4.78. The van der Waals surface area contributed by atoms with E-state index in [0.29, 0.717) is 0 Å². The van der Waals surface area contributed by atoms with Gasteiger partial charge < -0.3 is 10.3 Å². The van der Waals surface area contributed by atoms with Crippen LogP contribution in [0.15, 0.2) is 53.3 Å². The number of halogens is 1. The topological polar surface area (TPSA) is 106 Å². The van der Waals surface area contributed by atoms with Gasteiger partial charge in [-0.1, -0.05) is 41.6 Å². The van der Waals surface area contributed by atoms with E-state index >= 15 is 0 Å². The predicted molar refractivity (Wildman–Crippen MR) is 111 cm³/mol. The molecule has 0 saturated carbocycles. The third-order valence-electron chi connectivity index (χ3n) is 5.51. The Morgan fingerprint density at radius 1 is 1.19 bits per heavy atom. The van der Waals surface area contributed by atoms with Crippen molar-refractivity contribution in [2.75, 3.05) is 0 Å². The first-order chi connectivity index (χ1) is 15.1. The summed E-state index contributed by atoms with van der Waals surface area (Å²) in [5, 5.41) is 10.8. The Labute approximate surface area is 176 Å². The summed E-state index contributed by atoms with van der Waals surface area (Å²) < 4.78 is 14.6. The summed E-state index contributed by atoms with van der Waals surface area (Å²) in [6, 6.07) is 13.8. The number of aromatic amines is 1. The minimum atomic E-state index is -0.537. The number of aryl methyl sites for hydroxylation is 1. The number of nitrogens with zero attached hydrogens (tertiary/aromatic N) is 4. The molecule has 156 valence electrons. The van der Waals surface area contributed by atoms with Gasteiger partial charge in [0.25, 0.3) is 11.5 Å². The second kappa shape index (κ2) is 7.75. The van der Waals surface area contributed by atoms with E-state index in [1.165, 1.54) is 22.4 Å². The van der Waals surface area contributed by atoms with Crippen LogP contribution in [0.1, 0.15) is 46.2 Å². The van der Waals surface area contributed by atoms with Crippen molar-refractivity contribution in [2.24, 2.45) is 0 Å². The zero-order valence-electron chi connectivity index (χ0n) is 16.5. The van der Waals surface area contributed by atoms with Gasteiger partial charge in [-0.05, 0) is 48.1 Å². The highest BCUT2D eigenvalue weighted by atomic mass is 19.1. The van der Waals surface area contributed by atoms with Crippen LogP contribution in [-0.2, 0) is 13.0 Å². The molecule has 0 saturated heterocycles. The minimum absolute atomic E-state index is 0.0432. The van der Waals surface area contributed by atoms with Crippen LogP contribution in [0.25, 0.3) is 11.2 Å². The average Bonchev–Trinajstić information content (AvgIpc) is 3.19. The molecule has 0 aliphatic heterocycles. The lowest BCUT2D eigenvalue weighted by molar-refractivity contribution is 0.0922. The third kappa shape index (κ3) is 3.70. The zero-order valence-corrected chi connectivity index (χ0v) is 16.5. The smallest absolute Gasteiger partial charge is 0.287 e. The number of carbonyl (C=O) groups is 1. The molecule has 1 unspecified atom stereocenters. The molecule has 2 aromatic heterocycles. The van der Waals surface area contributed by atoms with Crippen molar-refractivity contribution in [2.45, 2.75) is 31.8 Å². The molecule has 9 heteroatoms. The van der Waals surface area contributed by atoms with E-state index < -0.39 is 11.5 Å². The first-order valence-electron chi connectivity index (χ1n) is 10.0. The van der Waals surface area contributed by atoms with Gasteiger partial charge in [-0.15, -0.1) is 5.10 Å². The summed E-state index contributed by atoms with van der Waals surface area (Å²) in [5.41, 5.74) is 2.78. The second-order valence-electron chi connectivity index (χ2n) is 7.58. The van der Waals surface area contributed by atoms with Crippen LogP contribution >= 0.6 is 0 Å². The first-order valence-corrected chi connectivity index (χ1v) is 10.0. The SMILES string of the molecule is O=C(NC1CCCc2ccccc21)c1nc2c(nnn2Cc2ccc(F)cc2)c(=O)[nH]1. The summed E-state index contributed by atoms with van der Waals surface area (Å²) >= 11 is 0. The number of H-pyrrole nitrogens is 1. The lowest BCUT2D eigenvalue weighted by atomic mass is 9.88. The first kappa shape index (κ1) is 19.1. The number of aromatic nitrogens is 5. The maximum Gasteiger partial charge on any atom is 0.287 e. The molecule has 0 spiro atoms. The molecule has 5 rings (SSSR count). The molecule has 1 atom stereocenters. The fraction of sp³-hybridized carbons (Fsp3) is 0.227. The molecule has 2 aromatic carbocycles. The Hall–Kier alpha value is -3.88. The highest BCUT2D eigenvalue weighted by Crippen LogP contribution is 2.29. The van der Waals surface area contributed by atoms with Crippen LogP contribution in [-0.4, -0.2) is 30.9 Å². The van der Waals surface area contributed by atoms with E-state index in [9.17, 15) is 14.0 Å². The van der Waals surface area contributed by atoms with Crippen molar-refractivity contribution in [1.82, 2.24) is 30.3 Å². The Bertz CT molecular complexity index is 1330.